The molecule has 0 aliphatic rings. The van der Waals surface area contributed by atoms with Gasteiger partial charge in [0.1, 0.15) is 5.82 Å². The summed E-state index contributed by atoms with van der Waals surface area (Å²) in [5, 5.41) is 11.2. The van der Waals surface area contributed by atoms with Crippen molar-refractivity contribution in [3.63, 3.8) is 0 Å². The first kappa shape index (κ1) is 19.9. The molecular weight excluding hydrogens is 352 g/mol. The molecular formula is C18H24N4O3S. The van der Waals surface area contributed by atoms with E-state index in [2.05, 4.69) is 29.5 Å². The molecule has 4 N–H and O–H groups in total. The Hall–Kier alpha value is -2.45. The summed E-state index contributed by atoms with van der Waals surface area (Å²) in [6.45, 7) is 4.56. The Morgan fingerprint density at radius 3 is 2.54 bits per heavy atom. The molecule has 7 nitrogen and oxygen atoms in total. The number of nitrogens with one attached hydrogen (secondary N) is 2. The lowest BCUT2D eigenvalue weighted by molar-refractivity contribution is 0.0954. The predicted molar refractivity (Wildman–Crippen MR) is 101 cm³/mol. The minimum absolute atomic E-state index is 0.0726. The van der Waals surface area contributed by atoms with E-state index in [1.807, 2.05) is 0 Å². The molecule has 26 heavy (non-hydrogen) atoms. The van der Waals surface area contributed by atoms with Gasteiger partial charge in [-0.05, 0) is 49.6 Å². The summed E-state index contributed by atoms with van der Waals surface area (Å²) in [4.78, 5) is 16.6. The first-order chi connectivity index (χ1) is 12.3. The largest absolute Gasteiger partial charge is 0.368 e. The van der Waals surface area contributed by atoms with Gasteiger partial charge in [0.05, 0.1) is 4.90 Å². The number of nitrogens with zero attached hydrogens (tertiary/aromatic N) is 1. The summed E-state index contributed by atoms with van der Waals surface area (Å²) in [6.07, 6.45) is 3.15. The molecule has 1 aromatic carbocycles. The van der Waals surface area contributed by atoms with Gasteiger partial charge in [0, 0.05) is 24.3 Å². The van der Waals surface area contributed by atoms with Crippen LogP contribution in [-0.4, -0.2) is 31.9 Å². The van der Waals surface area contributed by atoms with Crippen LogP contribution in [0.4, 0.5) is 5.82 Å². The fraction of sp³-hybridized carbons (Fsp3) is 0.333. The van der Waals surface area contributed by atoms with E-state index < -0.39 is 10.0 Å². The van der Waals surface area contributed by atoms with Crippen molar-refractivity contribution in [1.29, 1.82) is 0 Å². The van der Waals surface area contributed by atoms with Gasteiger partial charge in [-0.15, -0.1) is 0 Å². The molecule has 2 rings (SSSR count). The number of carbonyl (C=O) groups excluding carboxylic acids is 1. The Balaban J connectivity index is 1.90. The number of nitrogens with two attached hydrogens (primary N) is 1. The van der Waals surface area contributed by atoms with E-state index in [4.69, 9.17) is 5.14 Å². The third-order valence-corrected chi connectivity index (χ3v) is 4.91. The summed E-state index contributed by atoms with van der Waals surface area (Å²) in [5.41, 5.74) is 1.45. The van der Waals surface area contributed by atoms with Gasteiger partial charge in [-0.3, -0.25) is 4.79 Å². The highest BCUT2D eigenvalue weighted by Gasteiger charge is 2.09. The number of anilines is 1. The summed E-state index contributed by atoms with van der Waals surface area (Å²) in [5.74, 6) is 0.492. The number of aromatic nitrogens is 1. The smallest absolute Gasteiger partial charge is 0.251 e. The molecule has 1 aromatic heterocycles. The molecule has 1 unspecified atom stereocenters. The summed E-state index contributed by atoms with van der Waals surface area (Å²) in [7, 11) is -3.69. The van der Waals surface area contributed by atoms with E-state index in [0.717, 1.165) is 12.0 Å². The molecule has 1 atom stereocenters. The van der Waals surface area contributed by atoms with Gasteiger partial charge in [0.2, 0.25) is 10.0 Å². The number of carbonyl (C=O) groups is 1. The van der Waals surface area contributed by atoms with Gasteiger partial charge in [-0.2, -0.15) is 0 Å². The zero-order chi connectivity index (χ0) is 19.2. The number of sulfonamides is 1. The van der Waals surface area contributed by atoms with Gasteiger partial charge in [-0.25, -0.2) is 18.5 Å². The van der Waals surface area contributed by atoms with E-state index in [1.54, 1.807) is 30.5 Å². The molecule has 2 aromatic rings. The Morgan fingerprint density at radius 2 is 1.92 bits per heavy atom. The Morgan fingerprint density at radius 1 is 1.23 bits per heavy atom. The van der Waals surface area contributed by atoms with Crippen LogP contribution < -0.4 is 15.8 Å². The average molecular weight is 376 g/mol. The zero-order valence-electron chi connectivity index (χ0n) is 14.9. The van der Waals surface area contributed by atoms with Crippen LogP contribution in [0, 0.1) is 0 Å². The minimum Gasteiger partial charge on any atom is -0.368 e. The van der Waals surface area contributed by atoms with Crippen molar-refractivity contribution in [2.75, 3.05) is 11.9 Å². The summed E-state index contributed by atoms with van der Waals surface area (Å²) < 4.78 is 22.5. The van der Waals surface area contributed by atoms with Crippen LogP contribution in [0.2, 0.25) is 0 Å². The monoisotopic (exact) mass is 376 g/mol. The molecule has 0 saturated carbocycles. The van der Waals surface area contributed by atoms with Crippen LogP contribution in [-0.2, 0) is 16.4 Å². The average Bonchev–Trinajstić information content (AvgIpc) is 2.61. The molecule has 0 aliphatic heterocycles. The third kappa shape index (κ3) is 5.82. The van der Waals surface area contributed by atoms with Crippen molar-refractivity contribution < 1.29 is 13.2 Å². The highest BCUT2D eigenvalue weighted by atomic mass is 32.2. The molecule has 0 bridgehead atoms. The summed E-state index contributed by atoms with van der Waals surface area (Å²) >= 11 is 0. The molecule has 0 radical (unpaired) electrons. The number of hydrogen-bond donors (Lipinski definition) is 3. The predicted octanol–water partition coefficient (Wildman–Crippen LogP) is 1.91. The van der Waals surface area contributed by atoms with Crippen LogP contribution in [0.1, 0.15) is 36.2 Å². The number of amides is 1. The van der Waals surface area contributed by atoms with Crippen molar-refractivity contribution >= 4 is 21.7 Å². The molecule has 0 fully saturated rings. The highest BCUT2D eigenvalue weighted by Crippen LogP contribution is 2.10. The van der Waals surface area contributed by atoms with E-state index in [1.165, 1.54) is 12.1 Å². The second-order valence-electron chi connectivity index (χ2n) is 6.08. The van der Waals surface area contributed by atoms with Gasteiger partial charge < -0.3 is 10.6 Å². The second-order valence-corrected chi connectivity index (χ2v) is 7.64. The Labute approximate surface area is 154 Å². The lowest BCUT2D eigenvalue weighted by Gasteiger charge is -2.12. The first-order valence-corrected chi connectivity index (χ1v) is 9.96. The van der Waals surface area contributed by atoms with Crippen LogP contribution in [0.25, 0.3) is 0 Å². The highest BCUT2D eigenvalue weighted by molar-refractivity contribution is 7.89. The molecule has 1 amide bonds. The second kappa shape index (κ2) is 8.77. The van der Waals surface area contributed by atoms with Gasteiger partial charge in [0.15, 0.2) is 0 Å². The number of benzene rings is 1. The van der Waals surface area contributed by atoms with Crippen LogP contribution in [0.3, 0.4) is 0 Å². The number of hydrogen-bond acceptors (Lipinski definition) is 5. The van der Waals surface area contributed by atoms with Crippen molar-refractivity contribution in [3.05, 3.63) is 53.7 Å². The SMILES string of the molecule is CCC(C)Nc1cc(C(=O)NCCc2ccc(S(N)(=O)=O)cc2)ccn1. The molecule has 8 heteroatoms. The van der Waals surface area contributed by atoms with E-state index in [0.29, 0.717) is 24.3 Å². The fourth-order valence-electron chi connectivity index (χ4n) is 2.27. The topological polar surface area (TPSA) is 114 Å². The number of rotatable bonds is 8. The van der Waals surface area contributed by atoms with Crippen molar-refractivity contribution in [3.8, 4) is 0 Å². The van der Waals surface area contributed by atoms with Crippen molar-refractivity contribution in [1.82, 2.24) is 10.3 Å². The lowest BCUT2D eigenvalue weighted by Crippen LogP contribution is -2.26. The van der Waals surface area contributed by atoms with Gasteiger partial charge in [-0.1, -0.05) is 19.1 Å². The molecule has 1 heterocycles. The maximum Gasteiger partial charge on any atom is 0.251 e. The third-order valence-electron chi connectivity index (χ3n) is 3.98. The van der Waals surface area contributed by atoms with E-state index in [9.17, 15) is 13.2 Å². The van der Waals surface area contributed by atoms with Crippen LogP contribution in [0.5, 0.6) is 0 Å². The normalized spacial score (nSPS) is 12.4. The molecule has 0 aliphatic carbocycles. The van der Waals surface area contributed by atoms with E-state index in [-0.39, 0.29) is 16.8 Å². The van der Waals surface area contributed by atoms with Crippen LogP contribution in [0.15, 0.2) is 47.5 Å². The molecule has 0 saturated heterocycles. The number of primary sulfonamides is 1. The molecule has 0 spiro atoms. The van der Waals surface area contributed by atoms with Crippen LogP contribution >= 0.6 is 0 Å². The standard InChI is InChI=1S/C18H24N4O3S/c1-3-13(2)22-17-12-15(9-11-20-17)18(23)21-10-8-14-4-6-16(7-5-14)26(19,24)25/h4-7,9,11-13H,3,8,10H2,1-2H3,(H,20,22)(H,21,23)(H2,19,24,25). The number of pyridine rings is 1. The maximum absolute atomic E-state index is 12.3. The minimum atomic E-state index is -3.69. The van der Waals surface area contributed by atoms with E-state index >= 15 is 0 Å². The van der Waals surface area contributed by atoms with Gasteiger partial charge in [0.25, 0.3) is 5.91 Å². The molecule has 140 valence electrons. The quantitative estimate of drug-likeness (QED) is 0.651. The zero-order valence-corrected chi connectivity index (χ0v) is 15.7. The van der Waals surface area contributed by atoms with Crippen molar-refractivity contribution in [2.24, 2.45) is 5.14 Å². The first-order valence-electron chi connectivity index (χ1n) is 8.42. The Bertz CT molecular complexity index is 851. The lowest BCUT2D eigenvalue weighted by atomic mass is 10.1. The maximum atomic E-state index is 12.3. The van der Waals surface area contributed by atoms with Gasteiger partial charge >= 0.3 is 0 Å². The fourth-order valence-corrected chi connectivity index (χ4v) is 2.79. The Kier molecular flexibility index (Phi) is 6.70. The van der Waals surface area contributed by atoms with Crippen molar-refractivity contribution in [2.45, 2.75) is 37.6 Å². The summed E-state index contributed by atoms with van der Waals surface area (Å²) in [6, 6.07) is 9.96.